The molecule has 0 N–H and O–H groups in total. The van der Waals surface area contributed by atoms with Crippen LogP contribution in [0.1, 0.15) is 25.3 Å². The molecule has 0 saturated heterocycles. The van der Waals surface area contributed by atoms with Crippen molar-refractivity contribution in [3.05, 3.63) is 23.8 Å². The summed E-state index contributed by atoms with van der Waals surface area (Å²) in [5, 5.41) is 0.707. The molecule has 2 aromatic rings. The maximum absolute atomic E-state index is 12.8. The van der Waals surface area contributed by atoms with Crippen molar-refractivity contribution in [2.75, 3.05) is 11.4 Å². The molecule has 112 valence electrons. The number of anilines is 1. The van der Waals surface area contributed by atoms with Crippen molar-refractivity contribution in [2.45, 2.75) is 32.6 Å². The molecule has 0 atom stereocenters. The van der Waals surface area contributed by atoms with Gasteiger partial charge in [-0.15, -0.1) is 0 Å². The largest absolute Gasteiger partial charge is 0.295 e. The minimum Gasteiger partial charge on any atom is -0.295 e. The highest BCUT2D eigenvalue weighted by Gasteiger charge is 2.35. The van der Waals surface area contributed by atoms with E-state index in [9.17, 15) is 13.6 Å². The van der Waals surface area contributed by atoms with Crippen molar-refractivity contribution in [2.24, 2.45) is 5.92 Å². The van der Waals surface area contributed by atoms with Crippen molar-refractivity contribution in [3.8, 4) is 0 Å². The third-order valence-electron chi connectivity index (χ3n) is 3.71. The summed E-state index contributed by atoms with van der Waals surface area (Å²) in [7, 11) is 0. The number of alkyl halides is 2. The van der Waals surface area contributed by atoms with Crippen molar-refractivity contribution >= 4 is 33.3 Å². The topological polar surface area (TPSA) is 33.2 Å². The summed E-state index contributed by atoms with van der Waals surface area (Å²) < 4.78 is 30.8. The molecule has 21 heavy (non-hydrogen) atoms. The molecule has 1 aliphatic rings. The zero-order valence-corrected chi connectivity index (χ0v) is 12.5. The summed E-state index contributed by atoms with van der Waals surface area (Å²) in [5.74, 6) is 0.700. The summed E-state index contributed by atoms with van der Waals surface area (Å²) in [6.45, 7) is 2.40. The fraction of sp³-hybridized carbons (Fsp3) is 0.467. The second-order valence-corrected chi connectivity index (χ2v) is 6.05. The van der Waals surface area contributed by atoms with E-state index in [4.69, 9.17) is 0 Å². The van der Waals surface area contributed by atoms with Gasteiger partial charge in [0.1, 0.15) is 0 Å². The van der Waals surface area contributed by atoms with E-state index in [-0.39, 0.29) is 18.2 Å². The molecule has 1 fully saturated rings. The molecule has 1 aliphatic carbocycles. The molecule has 1 saturated carbocycles. The van der Waals surface area contributed by atoms with Crippen molar-refractivity contribution < 1.29 is 13.6 Å². The van der Waals surface area contributed by atoms with Crippen LogP contribution in [0.3, 0.4) is 0 Å². The van der Waals surface area contributed by atoms with Gasteiger partial charge in [-0.25, -0.2) is 8.78 Å². The van der Waals surface area contributed by atoms with Gasteiger partial charge in [0.05, 0.1) is 4.70 Å². The summed E-state index contributed by atoms with van der Waals surface area (Å²) >= 11 is 1.26. The third kappa shape index (κ3) is 2.77. The molecule has 3 nitrogen and oxygen atoms in total. The first-order chi connectivity index (χ1) is 10.1. The van der Waals surface area contributed by atoms with Gasteiger partial charge in [0.25, 0.3) is 0 Å². The van der Waals surface area contributed by atoms with E-state index in [1.54, 1.807) is 17.0 Å². The normalized spacial score (nSPS) is 14.9. The predicted octanol–water partition coefficient (Wildman–Crippen LogP) is 3.87. The Balaban J connectivity index is 2.06. The Bertz CT molecular complexity index is 667. The first-order valence-corrected chi connectivity index (χ1v) is 7.86. The van der Waals surface area contributed by atoms with Crippen LogP contribution in [0.4, 0.5) is 14.6 Å². The number of amides is 1. The van der Waals surface area contributed by atoms with Crippen LogP contribution in [0.5, 0.6) is 0 Å². The second kappa shape index (κ2) is 5.67. The molecule has 0 bridgehead atoms. The van der Waals surface area contributed by atoms with Crippen LogP contribution in [0.15, 0.2) is 18.2 Å². The fourth-order valence-corrected chi connectivity index (χ4v) is 3.35. The molecule has 3 rings (SSSR count). The number of nitrogens with zero attached hydrogens (tertiary/aromatic N) is 2. The minimum atomic E-state index is -2.41. The molecular weight excluding hydrogens is 294 g/mol. The van der Waals surface area contributed by atoms with E-state index in [1.807, 2.05) is 13.0 Å². The molecule has 0 unspecified atom stereocenters. The lowest BCUT2D eigenvalue weighted by Gasteiger charge is -2.19. The molecular formula is C15H16F2N2OS. The van der Waals surface area contributed by atoms with Gasteiger partial charge in [-0.2, -0.15) is 4.37 Å². The van der Waals surface area contributed by atoms with Crippen LogP contribution in [0.2, 0.25) is 0 Å². The Morgan fingerprint density at radius 2 is 2.24 bits per heavy atom. The minimum absolute atomic E-state index is 0.0663. The van der Waals surface area contributed by atoms with Crippen LogP contribution in [-0.4, -0.2) is 23.3 Å². The Morgan fingerprint density at radius 3 is 2.86 bits per heavy atom. The molecule has 1 heterocycles. The highest BCUT2D eigenvalue weighted by Crippen LogP contribution is 2.37. The number of rotatable bonds is 5. The molecule has 1 amide bonds. The Kier molecular flexibility index (Phi) is 3.89. The van der Waals surface area contributed by atoms with Gasteiger partial charge in [0.15, 0.2) is 5.82 Å². The average Bonchev–Trinajstić information content (AvgIpc) is 3.21. The van der Waals surface area contributed by atoms with Crippen molar-refractivity contribution in [1.29, 1.82) is 0 Å². The van der Waals surface area contributed by atoms with Gasteiger partial charge in [0, 0.05) is 24.3 Å². The van der Waals surface area contributed by atoms with E-state index in [0.29, 0.717) is 23.3 Å². The van der Waals surface area contributed by atoms with E-state index in [0.717, 1.165) is 17.5 Å². The lowest BCUT2D eigenvalue weighted by atomic mass is 10.1. The van der Waals surface area contributed by atoms with Gasteiger partial charge in [-0.1, -0.05) is 12.1 Å². The second-order valence-electron chi connectivity index (χ2n) is 5.25. The lowest BCUT2D eigenvalue weighted by Crippen LogP contribution is -2.32. The van der Waals surface area contributed by atoms with Gasteiger partial charge in [-0.3, -0.25) is 9.69 Å². The van der Waals surface area contributed by atoms with Crippen molar-refractivity contribution in [1.82, 2.24) is 4.37 Å². The van der Waals surface area contributed by atoms with Gasteiger partial charge in [-0.05, 0) is 42.9 Å². The maximum Gasteiger partial charge on any atom is 0.242 e. The summed E-state index contributed by atoms with van der Waals surface area (Å²) in [6, 6.07) is 5.32. The van der Waals surface area contributed by atoms with Crippen LogP contribution < -0.4 is 4.90 Å². The maximum atomic E-state index is 12.8. The van der Waals surface area contributed by atoms with Crippen LogP contribution in [0, 0.1) is 5.92 Å². The quantitative estimate of drug-likeness (QED) is 0.840. The number of benzene rings is 1. The first-order valence-electron chi connectivity index (χ1n) is 7.08. The highest BCUT2D eigenvalue weighted by atomic mass is 32.1. The van der Waals surface area contributed by atoms with E-state index >= 15 is 0 Å². The standard InChI is InChI=1S/C15H16F2N2OS/c1-2-19(15(20)9-6-7-9)14-13-10(8-12(16)17)4-3-5-11(13)21-18-14/h3-5,9,12H,2,6-8H2,1H3. The van der Waals surface area contributed by atoms with Crippen LogP contribution in [0.25, 0.3) is 10.1 Å². The molecule has 0 aliphatic heterocycles. The Hall–Kier alpha value is -1.56. The van der Waals surface area contributed by atoms with Crippen LogP contribution in [-0.2, 0) is 11.2 Å². The van der Waals surface area contributed by atoms with E-state index < -0.39 is 6.43 Å². The molecule has 1 aromatic heterocycles. The van der Waals surface area contributed by atoms with Crippen molar-refractivity contribution in [3.63, 3.8) is 0 Å². The predicted molar refractivity (Wildman–Crippen MR) is 80.1 cm³/mol. The number of halogens is 2. The highest BCUT2D eigenvalue weighted by molar-refractivity contribution is 7.13. The summed E-state index contributed by atoms with van der Waals surface area (Å²) in [6.07, 6.45) is -0.877. The zero-order chi connectivity index (χ0) is 15.0. The van der Waals surface area contributed by atoms with Gasteiger partial charge < -0.3 is 0 Å². The van der Waals surface area contributed by atoms with Gasteiger partial charge >= 0.3 is 0 Å². The number of fused-ring (bicyclic) bond motifs is 1. The Morgan fingerprint density at radius 1 is 1.48 bits per heavy atom. The van der Waals surface area contributed by atoms with Crippen LogP contribution >= 0.6 is 11.5 Å². The summed E-state index contributed by atoms with van der Waals surface area (Å²) in [5.41, 5.74) is 0.563. The average molecular weight is 310 g/mol. The number of carbonyl (C=O) groups excluding carboxylic acids is 1. The lowest BCUT2D eigenvalue weighted by molar-refractivity contribution is -0.119. The number of hydrogen-bond acceptors (Lipinski definition) is 3. The van der Waals surface area contributed by atoms with Gasteiger partial charge in [0.2, 0.25) is 12.3 Å². The molecule has 6 heteroatoms. The summed E-state index contributed by atoms with van der Waals surface area (Å²) in [4.78, 5) is 14.0. The number of hydrogen-bond donors (Lipinski definition) is 0. The first kappa shape index (κ1) is 14.4. The Labute approximate surface area is 125 Å². The monoisotopic (exact) mass is 310 g/mol. The number of aromatic nitrogens is 1. The van der Waals surface area contributed by atoms with E-state index in [2.05, 4.69) is 4.37 Å². The third-order valence-corrected chi connectivity index (χ3v) is 4.51. The number of carbonyl (C=O) groups is 1. The fourth-order valence-electron chi connectivity index (χ4n) is 2.53. The zero-order valence-electron chi connectivity index (χ0n) is 11.7. The molecule has 1 aromatic carbocycles. The molecule has 0 radical (unpaired) electrons. The SMILES string of the molecule is CCN(C(=O)C1CC1)c1nsc2cccc(CC(F)F)c12. The molecule has 0 spiro atoms. The van der Waals surface area contributed by atoms with E-state index in [1.165, 1.54) is 11.5 Å². The smallest absolute Gasteiger partial charge is 0.242 e.